The summed E-state index contributed by atoms with van der Waals surface area (Å²) in [4.78, 5) is 22.9. The molecule has 1 fully saturated rings. The van der Waals surface area contributed by atoms with E-state index in [1.807, 2.05) is 6.92 Å². The molecule has 2 N–H and O–H groups in total. The van der Waals surface area contributed by atoms with Crippen molar-refractivity contribution in [2.45, 2.75) is 43.9 Å². The zero-order valence-electron chi connectivity index (χ0n) is 18.8. The first kappa shape index (κ1) is 24.2. The van der Waals surface area contributed by atoms with Gasteiger partial charge in [0, 0.05) is 27.7 Å². The molecule has 1 aromatic carbocycles. The number of ketones is 1. The van der Waals surface area contributed by atoms with Crippen molar-refractivity contribution in [1.82, 2.24) is 9.97 Å². The van der Waals surface area contributed by atoms with Gasteiger partial charge in [0.15, 0.2) is 0 Å². The van der Waals surface area contributed by atoms with E-state index in [1.54, 1.807) is 6.07 Å². The number of carbonyl (C=O) groups excluding carboxylic acids is 1. The first-order valence-corrected chi connectivity index (χ1v) is 12.4. The Morgan fingerprint density at radius 1 is 1.31 bits per heavy atom. The smallest absolute Gasteiger partial charge is 0.296 e. The van der Waals surface area contributed by atoms with Crippen molar-refractivity contribution >= 4 is 34.5 Å². The Morgan fingerprint density at radius 2 is 2.11 bits per heavy atom. The number of ether oxygens (including phenoxy) is 1. The monoisotopic (exact) mass is 518 g/mol. The number of anilines is 1. The van der Waals surface area contributed by atoms with Crippen molar-refractivity contribution in [3.05, 3.63) is 80.7 Å². The quantitative estimate of drug-likeness (QED) is 0.444. The van der Waals surface area contributed by atoms with Crippen LogP contribution in [0.15, 0.2) is 36.8 Å². The van der Waals surface area contributed by atoms with Crippen molar-refractivity contribution < 1.29 is 23.4 Å². The number of carbonyl (C=O) groups is 1. The number of hydrogen-bond donors (Lipinski definition) is 2. The first-order chi connectivity index (χ1) is 16.6. The van der Waals surface area contributed by atoms with Crippen LogP contribution in [0.1, 0.15) is 55.7 Å². The number of aryl methyl sites for hydroxylation is 1. The van der Waals surface area contributed by atoms with Crippen molar-refractivity contribution in [3.63, 3.8) is 0 Å². The van der Waals surface area contributed by atoms with E-state index in [9.17, 15) is 18.7 Å². The fourth-order valence-electron chi connectivity index (χ4n) is 4.72. The molecule has 0 saturated heterocycles. The number of alkyl halides is 2. The molecule has 3 aromatic rings. The second-order valence-corrected chi connectivity index (χ2v) is 10.7. The first-order valence-electron chi connectivity index (χ1n) is 11.2. The zero-order chi connectivity index (χ0) is 24.9. The number of aliphatic hydroxyl groups excluding tert-OH is 1. The van der Waals surface area contributed by atoms with Gasteiger partial charge in [-0.3, -0.25) is 4.79 Å². The second-order valence-electron chi connectivity index (χ2n) is 9.00. The number of hydrogen-bond acceptors (Lipinski definition) is 7. The van der Waals surface area contributed by atoms with Crippen LogP contribution in [0, 0.1) is 19.8 Å². The fraction of sp³-hybridized carbons (Fsp3) is 0.360. The molecule has 35 heavy (non-hydrogen) atoms. The van der Waals surface area contributed by atoms with Gasteiger partial charge in [0.1, 0.15) is 24.9 Å². The van der Waals surface area contributed by atoms with Crippen molar-refractivity contribution in [2.24, 2.45) is 5.92 Å². The number of benzene rings is 1. The molecule has 2 aromatic heterocycles. The number of fused-ring (bicyclic) bond motifs is 1. The average molecular weight is 519 g/mol. The van der Waals surface area contributed by atoms with Crippen LogP contribution >= 0.6 is 22.9 Å². The van der Waals surface area contributed by atoms with Crippen molar-refractivity contribution in [1.29, 1.82) is 0 Å². The highest BCUT2D eigenvalue weighted by Crippen LogP contribution is 2.45. The van der Waals surface area contributed by atoms with Gasteiger partial charge in [-0.2, -0.15) is 8.78 Å². The minimum atomic E-state index is -3.12. The van der Waals surface area contributed by atoms with Gasteiger partial charge in [0.05, 0.1) is 16.5 Å². The van der Waals surface area contributed by atoms with Gasteiger partial charge in [-0.15, -0.1) is 11.3 Å². The highest BCUT2D eigenvalue weighted by atomic mass is 35.5. The lowest BCUT2D eigenvalue weighted by Gasteiger charge is -2.32. The van der Waals surface area contributed by atoms with E-state index >= 15 is 0 Å². The summed E-state index contributed by atoms with van der Waals surface area (Å²) >= 11 is 7.37. The molecular formula is C25H23ClF2N3O3S. The van der Waals surface area contributed by atoms with Crippen molar-refractivity contribution in [2.75, 3.05) is 11.9 Å². The summed E-state index contributed by atoms with van der Waals surface area (Å²) in [7, 11) is 0. The summed E-state index contributed by atoms with van der Waals surface area (Å²) < 4.78 is 34.5. The van der Waals surface area contributed by atoms with E-state index in [2.05, 4.69) is 22.2 Å². The molecule has 4 atom stereocenters. The summed E-state index contributed by atoms with van der Waals surface area (Å²) in [6, 6.07) is 5.88. The molecule has 5 rings (SSSR count). The fourth-order valence-corrected chi connectivity index (χ4v) is 5.91. The third-order valence-corrected chi connectivity index (χ3v) is 7.84. The molecule has 1 saturated carbocycles. The van der Waals surface area contributed by atoms with Gasteiger partial charge < -0.3 is 15.2 Å². The van der Waals surface area contributed by atoms with E-state index in [0.717, 1.165) is 4.88 Å². The van der Waals surface area contributed by atoms with Crippen LogP contribution in [0.25, 0.3) is 0 Å². The molecule has 3 heterocycles. The van der Waals surface area contributed by atoms with E-state index in [0.29, 0.717) is 45.2 Å². The van der Waals surface area contributed by atoms with Crippen LogP contribution in [0.4, 0.5) is 14.6 Å². The van der Waals surface area contributed by atoms with Gasteiger partial charge in [-0.05, 0) is 61.9 Å². The maximum atomic E-state index is 14.5. The lowest BCUT2D eigenvalue weighted by atomic mass is 9.91. The molecule has 1 radical (unpaired) electrons. The van der Waals surface area contributed by atoms with E-state index in [4.69, 9.17) is 16.3 Å². The molecule has 0 amide bonds. The number of halogens is 3. The predicted molar refractivity (Wildman–Crippen MR) is 129 cm³/mol. The van der Waals surface area contributed by atoms with E-state index < -0.39 is 24.7 Å². The highest BCUT2D eigenvalue weighted by molar-refractivity contribution is 7.14. The summed E-state index contributed by atoms with van der Waals surface area (Å²) in [6.45, 7) is 5.02. The molecule has 0 bridgehead atoms. The second kappa shape index (κ2) is 9.20. The minimum absolute atomic E-state index is 0.0619. The Hall–Kier alpha value is -2.46. The van der Waals surface area contributed by atoms with Gasteiger partial charge in [0.25, 0.3) is 5.92 Å². The van der Waals surface area contributed by atoms with Crippen LogP contribution in [0.5, 0.6) is 0 Å². The normalized spacial score (nSPS) is 25.3. The topological polar surface area (TPSA) is 84.3 Å². The standard InChI is InChI=1S/C25H23ClF2N3O3S/c1-12-5-15(7-20(12)32)31-24-18(9-29-11-30-24)22(33)21-8-16(13(2)35-21)23-17-6-14(26)3-4-19(17)25(27,28)10-34-23/h3-4,6,8-9,11-12,15,20,23,32H,1,5,7,10H2,2H3,(H,29,30,31)/t12-,15-,20+,23+/m1/s1. The Labute approximate surface area is 210 Å². The van der Waals surface area contributed by atoms with Crippen LogP contribution in [0.2, 0.25) is 5.02 Å². The molecule has 1 aliphatic heterocycles. The predicted octanol–water partition coefficient (Wildman–Crippen LogP) is 5.33. The Kier molecular flexibility index (Phi) is 6.37. The average Bonchev–Trinajstić information content (AvgIpc) is 3.34. The summed E-state index contributed by atoms with van der Waals surface area (Å²) in [5.74, 6) is -3.11. The zero-order valence-corrected chi connectivity index (χ0v) is 20.4. The number of rotatable bonds is 5. The molecule has 0 unspecified atom stereocenters. The summed E-state index contributed by atoms with van der Waals surface area (Å²) in [6.07, 6.45) is 2.71. The molecule has 0 spiro atoms. The van der Waals surface area contributed by atoms with Crippen LogP contribution < -0.4 is 5.32 Å². The summed E-state index contributed by atoms with van der Waals surface area (Å²) in [5, 5.41) is 13.6. The number of nitrogens with one attached hydrogen (secondary N) is 1. The SMILES string of the molecule is [CH2][C@@H]1C[C@@H](Nc2ncncc2C(=O)c2cc([C@@H]3OCC(F)(F)c4ccc(Cl)cc43)c(C)s2)C[C@@H]1O. The summed E-state index contributed by atoms with van der Waals surface area (Å²) in [5.41, 5.74) is 1.10. The lowest BCUT2D eigenvalue weighted by molar-refractivity contribution is -0.115. The van der Waals surface area contributed by atoms with Crippen molar-refractivity contribution in [3.8, 4) is 0 Å². The highest BCUT2D eigenvalue weighted by Gasteiger charge is 2.42. The maximum absolute atomic E-state index is 14.5. The Bertz CT molecular complexity index is 1270. The van der Waals surface area contributed by atoms with Gasteiger partial charge in [-0.1, -0.05) is 17.7 Å². The van der Waals surface area contributed by atoms with Gasteiger partial charge >= 0.3 is 0 Å². The molecule has 183 valence electrons. The van der Waals surface area contributed by atoms with Crippen LogP contribution in [-0.4, -0.2) is 39.6 Å². The molecule has 6 nitrogen and oxygen atoms in total. The third-order valence-electron chi connectivity index (χ3n) is 6.54. The van der Waals surface area contributed by atoms with Crippen LogP contribution in [0.3, 0.4) is 0 Å². The van der Waals surface area contributed by atoms with Gasteiger partial charge in [0.2, 0.25) is 5.78 Å². The number of aromatic nitrogens is 2. The lowest BCUT2D eigenvalue weighted by Crippen LogP contribution is -2.31. The largest absolute Gasteiger partial charge is 0.393 e. The maximum Gasteiger partial charge on any atom is 0.296 e. The molecule has 10 heteroatoms. The van der Waals surface area contributed by atoms with E-state index in [-0.39, 0.29) is 23.3 Å². The Balaban J connectivity index is 1.45. The third kappa shape index (κ3) is 4.58. The van der Waals surface area contributed by atoms with Gasteiger partial charge in [-0.25, -0.2) is 9.97 Å². The number of nitrogens with zero attached hydrogens (tertiary/aromatic N) is 2. The molecule has 2 aliphatic rings. The number of aliphatic hydroxyl groups is 1. The minimum Gasteiger partial charge on any atom is -0.393 e. The Morgan fingerprint density at radius 3 is 2.86 bits per heavy atom. The number of thiophene rings is 1. The van der Waals surface area contributed by atoms with Crippen LogP contribution in [-0.2, 0) is 10.7 Å². The molecule has 1 aliphatic carbocycles. The van der Waals surface area contributed by atoms with E-state index in [1.165, 1.54) is 42.1 Å². The molecular weight excluding hydrogens is 496 g/mol.